The van der Waals surface area contributed by atoms with Crippen LogP contribution in [0.4, 0.5) is 0 Å². The molecule has 54 heavy (non-hydrogen) atoms. The number of nitrogens with zero attached hydrogens (tertiary/aromatic N) is 4. The summed E-state index contributed by atoms with van der Waals surface area (Å²) in [5.74, 6) is 1.99. The molecule has 0 spiro atoms. The minimum absolute atomic E-state index is 0.0752. The van der Waals surface area contributed by atoms with Crippen LogP contribution in [0.5, 0.6) is 0 Å². The number of aromatic nitrogens is 4. The molecule has 0 N–H and O–H groups in total. The molecule has 1 aliphatic rings. The van der Waals surface area contributed by atoms with Crippen LogP contribution >= 0.6 is 11.3 Å². The van der Waals surface area contributed by atoms with Crippen molar-refractivity contribution in [2.75, 3.05) is 0 Å². The largest absolute Gasteiger partial charge is 0.247 e. The number of thiophene rings is 1. The highest BCUT2D eigenvalue weighted by Crippen LogP contribution is 2.50. The third-order valence-electron chi connectivity index (χ3n) is 11.1. The zero-order chi connectivity index (χ0) is 36.0. The standard InChI is InChI=1S/C49H32N4S/c1-49(2)39-22-11-9-18-32(39)38-28-31(24-27-40(38)49)47-51-46(30-16-7-4-8-17-30)52-48(53-47)37-21-13-20-33-34-25-26-36-42(45(34)54-44(33)37)35-19-10-12-23-41(35)50-43(36)29-14-5-3-6-15-29/h3-28H,1-2H3. The van der Waals surface area contributed by atoms with Crippen LogP contribution in [0.15, 0.2) is 158 Å². The number of fused-ring (bicyclic) bond motifs is 10. The summed E-state index contributed by atoms with van der Waals surface area (Å²) in [4.78, 5) is 20.8. The minimum atomic E-state index is -0.0752. The molecule has 10 aromatic rings. The van der Waals surface area contributed by atoms with Crippen molar-refractivity contribution in [2.45, 2.75) is 19.3 Å². The molecule has 0 radical (unpaired) electrons. The maximum Gasteiger partial charge on any atom is 0.165 e. The Labute approximate surface area is 316 Å². The Bertz CT molecular complexity index is 3130. The van der Waals surface area contributed by atoms with E-state index in [2.05, 4.69) is 153 Å². The van der Waals surface area contributed by atoms with Gasteiger partial charge in [-0.15, -0.1) is 11.3 Å². The number of hydrogen-bond acceptors (Lipinski definition) is 5. The molecular formula is C49H32N4S. The monoisotopic (exact) mass is 708 g/mol. The van der Waals surface area contributed by atoms with Gasteiger partial charge in [0.25, 0.3) is 0 Å². The van der Waals surface area contributed by atoms with E-state index in [9.17, 15) is 0 Å². The molecule has 0 aliphatic heterocycles. The van der Waals surface area contributed by atoms with Gasteiger partial charge in [-0.1, -0.05) is 153 Å². The van der Waals surface area contributed by atoms with Crippen LogP contribution in [0, 0.1) is 0 Å². The van der Waals surface area contributed by atoms with Crippen molar-refractivity contribution in [3.63, 3.8) is 0 Å². The highest BCUT2D eigenvalue weighted by atomic mass is 32.1. The zero-order valence-corrected chi connectivity index (χ0v) is 30.5. The van der Waals surface area contributed by atoms with E-state index in [1.54, 1.807) is 0 Å². The normalized spacial score (nSPS) is 13.1. The Morgan fingerprint density at radius 2 is 1.02 bits per heavy atom. The molecule has 0 fully saturated rings. The summed E-state index contributed by atoms with van der Waals surface area (Å²) < 4.78 is 2.39. The maximum absolute atomic E-state index is 5.28. The first-order chi connectivity index (χ1) is 26.5. The average molecular weight is 709 g/mol. The lowest BCUT2D eigenvalue weighted by atomic mass is 9.82. The van der Waals surface area contributed by atoms with E-state index in [0.29, 0.717) is 17.5 Å². The molecule has 0 amide bonds. The van der Waals surface area contributed by atoms with Gasteiger partial charge in [0.1, 0.15) is 0 Å². The second-order valence-corrected chi connectivity index (χ2v) is 15.6. The predicted octanol–water partition coefficient (Wildman–Crippen LogP) is 12.9. The van der Waals surface area contributed by atoms with Gasteiger partial charge >= 0.3 is 0 Å². The van der Waals surface area contributed by atoms with Gasteiger partial charge in [-0.3, -0.25) is 0 Å². The average Bonchev–Trinajstić information content (AvgIpc) is 3.73. The summed E-state index contributed by atoms with van der Waals surface area (Å²) >= 11 is 1.81. The van der Waals surface area contributed by atoms with Crippen LogP contribution in [-0.2, 0) is 5.41 Å². The van der Waals surface area contributed by atoms with Gasteiger partial charge in [0, 0.05) is 64.0 Å². The highest BCUT2D eigenvalue weighted by molar-refractivity contribution is 7.27. The second kappa shape index (κ2) is 11.7. The van der Waals surface area contributed by atoms with Crippen molar-refractivity contribution in [3.05, 3.63) is 169 Å². The summed E-state index contributed by atoms with van der Waals surface area (Å²) in [6, 6.07) is 55.7. The van der Waals surface area contributed by atoms with Gasteiger partial charge in [-0.2, -0.15) is 0 Å². The summed E-state index contributed by atoms with van der Waals surface area (Å²) in [5.41, 5.74) is 11.1. The van der Waals surface area contributed by atoms with E-state index >= 15 is 0 Å². The first-order valence-corrected chi connectivity index (χ1v) is 19.1. The maximum atomic E-state index is 5.28. The van der Waals surface area contributed by atoms with Crippen LogP contribution in [0.3, 0.4) is 0 Å². The smallest absolute Gasteiger partial charge is 0.165 e. The molecule has 0 saturated heterocycles. The quantitative estimate of drug-likeness (QED) is 0.171. The van der Waals surface area contributed by atoms with Gasteiger partial charge in [0.05, 0.1) is 11.2 Å². The summed E-state index contributed by atoms with van der Waals surface area (Å²) in [5, 5.41) is 5.94. The fourth-order valence-electron chi connectivity index (χ4n) is 8.48. The Hall–Kier alpha value is -6.56. The van der Waals surface area contributed by atoms with Crippen LogP contribution in [0.25, 0.3) is 98.4 Å². The van der Waals surface area contributed by atoms with Crippen molar-refractivity contribution in [3.8, 4) is 56.5 Å². The van der Waals surface area contributed by atoms with Gasteiger partial charge in [0.15, 0.2) is 17.5 Å². The minimum Gasteiger partial charge on any atom is -0.247 e. The van der Waals surface area contributed by atoms with Gasteiger partial charge in [0.2, 0.25) is 0 Å². The third-order valence-corrected chi connectivity index (χ3v) is 12.4. The number of pyridine rings is 1. The molecule has 0 unspecified atom stereocenters. The fraction of sp³-hybridized carbons (Fsp3) is 0.0612. The van der Waals surface area contributed by atoms with Crippen molar-refractivity contribution in [1.29, 1.82) is 0 Å². The zero-order valence-electron chi connectivity index (χ0n) is 29.7. The van der Waals surface area contributed by atoms with Crippen molar-refractivity contribution in [1.82, 2.24) is 19.9 Å². The summed E-state index contributed by atoms with van der Waals surface area (Å²) in [7, 11) is 0. The third kappa shape index (κ3) is 4.62. The SMILES string of the molecule is CC1(C)c2ccccc2-c2cc(-c3nc(-c4ccccc4)nc(-c4cccc5c4sc4c5ccc5c(-c6ccccc6)nc6ccccc6c54)n3)ccc21. The number of benzene rings is 7. The molecule has 7 aromatic carbocycles. The van der Waals surface area contributed by atoms with Crippen LogP contribution < -0.4 is 0 Å². The Morgan fingerprint density at radius 1 is 0.407 bits per heavy atom. The summed E-state index contributed by atoms with van der Waals surface area (Å²) in [6.45, 7) is 4.62. The van der Waals surface area contributed by atoms with E-state index in [0.717, 1.165) is 48.9 Å². The van der Waals surface area contributed by atoms with Crippen molar-refractivity contribution < 1.29 is 0 Å². The van der Waals surface area contributed by atoms with E-state index in [-0.39, 0.29) is 5.41 Å². The lowest BCUT2D eigenvalue weighted by molar-refractivity contribution is 0.660. The fourth-order valence-corrected chi connectivity index (χ4v) is 9.85. The van der Waals surface area contributed by atoms with E-state index in [1.807, 2.05) is 29.5 Å². The highest BCUT2D eigenvalue weighted by Gasteiger charge is 2.35. The van der Waals surface area contributed by atoms with Crippen LogP contribution in [0.1, 0.15) is 25.0 Å². The van der Waals surface area contributed by atoms with Gasteiger partial charge < -0.3 is 0 Å². The van der Waals surface area contributed by atoms with Crippen LogP contribution in [0.2, 0.25) is 0 Å². The Balaban J connectivity index is 1.16. The van der Waals surface area contributed by atoms with E-state index < -0.39 is 0 Å². The molecule has 4 nitrogen and oxygen atoms in total. The molecule has 254 valence electrons. The first kappa shape index (κ1) is 31.0. The number of hydrogen-bond donors (Lipinski definition) is 0. The Morgan fingerprint density at radius 3 is 1.85 bits per heavy atom. The first-order valence-electron chi connectivity index (χ1n) is 18.3. The van der Waals surface area contributed by atoms with Gasteiger partial charge in [-0.05, 0) is 40.5 Å². The van der Waals surface area contributed by atoms with Gasteiger partial charge in [-0.25, -0.2) is 19.9 Å². The molecule has 0 bridgehead atoms. The molecule has 1 aliphatic carbocycles. The molecular weight excluding hydrogens is 677 g/mol. The summed E-state index contributed by atoms with van der Waals surface area (Å²) in [6.07, 6.45) is 0. The topological polar surface area (TPSA) is 51.6 Å². The van der Waals surface area contributed by atoms with Crippen molar-refractivity contribution >= 4 is 53.2 Å². The van der Waals surface area contributed by atoms with E-state index in [1.165, 1.54) is 43.1 Å². The molecule has 0 saturated carbocycles. The molecule has 3 aromatic heterocycles. The predicted molar refractivity (Wildman–Crippen MR) is 225 cm³/mol. The van der Waals surface area contributed by atoms with Crippen molar-refractivity contribution in [2.24, 2.45) is 0 Å². The van der Waals surface area contributed by atoms with E-state index in [4.69, 9.17) is 19.9 Å². The second-order valence-electron chi connectivity index (χ2n) is 14.6. The Kier molecular flexibility index (Phi) is 6.73. The number of para-hydroxylation sites is 1. The molecule has 0 atom stereocenters. The molecule has 11 rings (SSSR count). The molecule has 3 heterocycles. The molecule has 5 heteroatoms. The van der Waals surface area contributed by atoms with Crippen LogP contribution in [-0.4, -0.2) is 19.9 Å². The number of rotatable bonds is 4. The lowest BCUT2D eigenvalue weighted by Crippen LogP contribution is -2.14. The lowest BCUT2D eigenvalue weighted by Gasteiger charge is -2.21.